The number of pyridine rings is 1. The number of benzene rings is 1. The summed E-state index contributed by atoms with van der Waals surface area (Å²) in [6.45, 7) is -0.307. The zero-order valence-electron chi connectivity index (χ0n) is 15.4. The molecule has 3 aromatic rings. The number of aromatic nitrogens is 1. The van der Waals surface area contributed by atoms with Gasteiger partial charge in [0.15, 0.2) is 0 Å². The first kappa shape index (κ1) is 21.3. The monoisotopic (exact) mass is 445 g/mol. The Morgan fingerprint density at radius 2 is 1.77 bits per heavy atom. The maximum atomic E-state index is 12.3. The standard InChI is InChI=1S/C20H16ClN3O5S/c21-16-9-8-15(30-16)19(27)23-14(20(28)29)11-22-18(26)12-4-6-13(7-5-12)24-10-2-1-3-17(24)25/h1-10,14H,11H2,(H,22,26)(H,23,27)(H,28,29). The van der Waals surface area contributed by atoms with E-state index in [2.05, 4.69) is 10.6 Å². The number of carbonyl (C=O) groups excluding carboxylic acids is 2. The molecular formula is C20H16ClN3O5S. The van der Waals surface area contributed by atoms with E-state index in [1.807, 2.05) is 0 Å². The van der Waals surface area contributed by atoms with Crippen molar-refractivity contribution < 1.29 is 19.5 Å². The van der Waals surface area contributed by atoms with Gasteiger partial charge < -0.3 is 15.7 Å². The second kappa shape index (κ2) is 9.38. The summed E-state index contributed by atoms with van der Waals surface area (Å²) in [5.41, 5.74) is 0.660. The predicted molar refractivity (Wildman–Crippen MR) is 113 cm³/mol. The lowest BCUT2D eigenvalue weighted by atomic mass is 10.2. The quantitative estimate of drug-likeness (QED) is 0.515. The van der Waals surface area contributed by atoms with Gasteiger partial charge in [-0.15, -0.1) is 11.3 Å². The minimum atomic E-state index is -1.32. The number of thiophene rings is 1. The van der Waals surface area contributed by atoms with E-state index in [0.717, 1.165) is 11.3 Å². The maximum Gasteiger partial charge on any atom is 0.328 e. The molecule has 1 atom stereocenters. The highest BCUT2D eigenvalue weighted by Gasteiger charge is 2.22. The van der Waals surface area contributed by atoms with Gasteiger partial charge in [-0.05, 0) is 42.5 Å². The normalized spacial score (nSPS) is 11.5. The van der Waals surface area contributed by atoms with E-state index >= 15 is 0 Å². The maximum absolute atomic E-state index is 12.3. The van der Waals surface area contributed by atoms with Crippen molar-refractivity contribution in [3.05, 3.63) is 85.9 Å². The van der Waals surface area contributed by atoms with Crippen LogP contribution < -0.4 is 16.2 Å². The van der Waals surface area contributed by atoms with Crippen molar-refractivity contribution in [2.75, 3.05) is 6.54 Å². The van der Waals surface area contributed by atoms with Crippen molar-refractivity contribution in [1.82, 2.24) is 15.2 Å². The summed E-state index contributed by atoms with van der Waals surface area (Å²) >= 11 is 6.80. The van der Waals surface area contributed by atoms with Gasteiger partial charge in [-0.3, -0.25) is 19.0 Å². The number of aliphatic carboxylic acids is 1. The number of nitrogens with zero attached hydrogens (tertiary/aromatic N) is 1. The number of carbonyl (C=O) groups is 3. The Morgan fingerprint density at radius 1 is 1.03 bits per heavy atom. The molecule has 10 heteroatoms. The average molecular weight is 446 g/mol. The molecule has 1 aromatic carbocycles. The number of rotatable bonds is 7. The van der Waals surface area contributed by atoms with Gasteiger partial charge in [0.2, 0.25) is 0 Å². The van der Waals surface area contributed by atoms with Crippen LogP contribution in [0.4, 0.5) is 0 Å². The van der Waals surface area contributed by atoms with E-state index in [1.54, 1.807) is 30.5 Å². The summed E-state index contributed by atoms with van der Waals surface area (Å²) in [6.07, 6.45) is 1.61. The molecule has 3 rings (SSSR count). The first-order valence-electron chi connectivity index (χ1n) is 8.70. The predicted octanol–water partition coefficient (Wildman–Crippen LogP) is 2.17. The Labute approximate surface area is 179 Å². The second-order valence-corrected chi connectivity index (χ2v) is 7.85. The molecule has 0 aliphatic heterocycles. The highest BCUT2D eigenvalue weighted by molar-refractivity contribution is 7.18. The molecule has 154 valence electrons. The number of halogens is 1. The number of carboxylic acids is 1. The van der Waals surface area contributed by atoms with E-state index < -0.39 is 23.8 Å². The molecule has 0 aliphatic carbocycles. The molecule has 0 radical (unpaired) electrons. The van der Waals surface area contributed by atoms with Crippen LogP contribution in [0.5, 0.6) is 0 Å². The summed E-state index contributed by atoms with van der Waals surface area (Å²) in [4.78, 5) is 48.0. The van der Waals surface area contributed by atoms with Crippen molar-refractivity contribution in [3.63, 3.8) is 0 Å². The van der Waals surface area contributed by atoms with Gasteiger partial charge in [0.1, 0.15) is 6.04 Å². The summed E-state index contributed by atoms with van der Waals surface area (Å²) in [7, 11) is 0. The van der Waals surface area contributed by atoms with E-state index in [-0.39, 0.29) is 22.5 Å². The van der Waals surface area contributed by atoms with Crippen LogP contribution in [0.3, 0.4) is 0 Å². The minimum absolute atomic E-state index is 0.207. The molecule has 2 amide bonds. The number of hydrogen-bond donors (Lipinski definition) is 3. The number of carboxylic acid groups (broad SMARTS) is 1. The van der Waals surface area contributed by atoms with Gasteiger partial charge >= 0.3 is 5.97 Å². The van der Waals surface area contributed by atoms with Crippen LogP contribution >= 0.6 is 22.9 Å². The smallest absolute Gasteiger partial charge is 0.328 e. The highest BCUT2D eigenvalue weighted by Crippen LogP contribution is 2.21. The Bertz CT molecular complexity index is 1140. The summed E-state index contributed by atoms with van der Waals surface area (Å²) in [6, 6.07) is 12.7. The fourth-order valence-electron chi connectivity index (χ4n) is 2.58. The van der Waals surface area contributed by atoms with Crippen molar-refractivity contribution >= 4 is 40.7 Å². The fraction of sp³-hybridized carbons (Fsp3) is 0.100. The lowest BCUT2D eigenvalue weighted by Crippen LogP contribution is -2.48. The first-order valence-corrected chi connectivity index (χ1v) is 9.90. The molecule has 0 spiro atoms. The van der Waals surface area contributed by atoms with Crippen LogP contribution in [0.25, 0.3) is 5.69 Å². The van der Waals surface area contributed by atoms with Gasteiger partial charge in [0, 0.05) is 30.1 Å². The number of amides is 2. The molecule has 0 aliphatic rings. The minimum Gasteiger partial charge on any atom is -0.480 e. The third-order valence-corrected chi connectivity index (χ3v) is 5.33. The molecular weight excluding hydrogens is 430 g/mol. The summed E-state index contributed by atoms with van der Waals surface area (Å²) in [5, 5.41) is 14.2. The van der Waals surface area contributed by atoms with E-state index in [9.17, 15) is 24.3 Å². The van der Waals surface area contributed by atoms with Gasteiger partial charge in [0.25, 0.3) is 17.4 Å². The zero-order valence-corrected chi connectivity index (χ0v) is 16.9. The number of hydrogen-bond acceptors (Lipinski definition) is 5. The number of nitrogens with one attached hydrogen (secondary N) is 2. The van der Waals surface area contributed by atoms with Crippen molar-refractivity contribution in [2.24, 2.45) is 0 Å². The molecule has 8 nitrogen and oxygen atoms in total. The third-order valence-electron chi connectivity index (χ3n) is 4.10. The molecule has 30 heavy (non-hydrogen) atoms. The molecule has 0 fully saturated rings. The molecule has 1 unspecified atom stereocenters. The summed E-state index contributed by atoms with van der Waals surface area (Å²) < 4.78 is 1.83. The van der Waals surface area contributed by atoms with E-state index in [4.69, 9.17) is 11.6 Å². The van der Waals surface area contributed by atoms with E-state index in [0.29, 0.717) is 10.0 Å². The first-order chi connectivity index (χ1) is 14.3. The SMILES string of the molecule is O=C(NCC(NC(=O)c1ccc(Cl)s1)C(=O)O)c1ccc(-n2ccccc2=O)cc1. The summed E-state index contributed by atoms with van der Waals surface area (Å²) in [5.74, 6) is -2.39. The van der Waals surface area contributed by atoms with Crippen LogP contribution in [0.15, 0.2) is 65.6 Å². The Morgan fingerprint density at radius 3 is 2.37 bits per heavy atom. The van der Waals surface area contributed by atoms with Crippen LogP contribution in [0.2, 0.25) is 4.34 Å². The van der Waals surface area contributed by atoms with Crippen molar-refractivity contribution in [1.29, 1.82) is 0 Å². The highest BCUT2D eigenvalue weighted by atomic mass is 35.5. The largest absolute Gasteiger partial charge is 0.480 e. The van der Waals surface area contributed by atoms with Crippen LogP contribution in [0.1, 0.15) is 20.0 Å². The second-order valence-electron chi connectivity index (χ2n) is 6.13. The van der Waals surface area contributed by atoms with Gasteiger partial charge in [-0.1, -0.05) is 17.7 Å². The van der Waals surface area contributed by atoms with Crippen molar-refractivity contribution in [3.8, 4) is 5.69 Å². The Hall–Kier alpha value is -3.43. The van der Waals surface area contributed by atoms with Gasteiger partial charge in [-0.25, -0.2) is 4.79 Å². The third kappa shape index (κ3) is 5.13. The zero-order chi connectivity index (χ0) is 21.7. The van der Waals surface area contributed by atoms with Gasteiger partial charge in [0.05, 0.1) is 9.21 Å². The van der Waals surface area contributed by atoms with Crippen LogP contribution in [-0.2, 0) is 4.79 Å². The van der Waals surface area contributed by atoms with Gasteiger partial charge in [-0.2, -0.15) is 0 Å². The Balaban J connectivity index is 1.63. The molecule has 3 N–H and O–H groups in total. The van der Waals surface area contributed by atoms with Crippen LogP contribution in [0, 0.1) is 0 Å². The average Bonchev–Trinajstić information content (AvgIpc) is 3.17. The molecule has 0 saturated heterocycles. The molecule has 0 bridgehead atoms. The lowest BCUT2D eigenvalue weighted by molar-refractivity contribution is -0.139. The molecule has 2 heterocycles. The molecule has 2 aromatic heterocycles. The lowest BCUT2D eigenvalue weighted by Gasteiger charge is -2.15. The molecule has 0 saturated carbocycles. The Kier molecular flexibility index (Phi) is 6.65. The fourth-order valence-corrected chi connectivity index (χ4v) is 3.52. The van der Waals surface area contributed by atoms with Crippen molar-refractivity contribution in [2.45, 2.75) is 6.04 Å². The van der Waals surface area contributed by atoms with E-state index in [1.165, 1.54) is 34.9 Å². The van der Waals surface area contributed by atoms with Crippen LogP contribution in [-0.4, -0.2) is 40.0 Å². The topological polar surface area (TPSA) is 118 Å².